The summed E-state index contributed by atoms with van der Waals surface area (Å²) in [6, 6.07) is 6.48. The third kappa shape index (κ3) is 2.48. The van der Waals surface area contributed by atoms with Crippen LogP contribution in [0.2, 0.25) is 0 Å². The molecule has 0 saturated carbocycles. The molecule has 128 valence electrons. The Morgan fingerprint density at radius 2 is 1.83 bits per heavy atom. The van der Waals surface area contributed by atoms with Gasteiger partial charge in [0.05, 0.1) is 7.11 Å². The molecule has 2 fully saturated rings. The number of nitrogens with zero attached hydrogens (tertiary/aromatic N) is 2. The first kappa shape index (κ1) is 16.3. The molecule has 0 atom stereocenters. The highest BCUT2D eigenvalue weighted by molar-refractivity contribution is 6.16. The SMILES string of the molecule is COC(=O)Nc1ccc(N2C(=O)N(C)C(=O)C23CCNCC3)cc1. The van der Waals surface area contributed by atoms with Gasteiger partial charge in [-0.05, 0) is 50.2 Å². The van der Waals surface area contributed by atoms with Gasteiger partial charge in [-0.25, -0.2) is 9.59 Å². The molecule has 4 amide bonds. The van der Waals surface area contributed by atoms with Crippen molar-refractivity contribution >= 4 is 29.4 Å². The summed E-state index contributed by atoms with van der Waals surface area (Å²) in [7, 11) is 2.80. The van der Waals surface area contributed by atoms with Crippen LogP contribution in [-0.2, 0) is 9.53 Å². The van der Waals surface area contributed by atoms with Crippen LogP contribution in [0.3, 0.4) is 0 Å². The van der Waals surface area contributed by atoms with Crippen LogP contribution in [0.1, 0.15) is 12.8 Å². The van der Waals surface area contributed by atoms with E-state index in [1.54, 1.807) is 29.2 Å². The summed E-state index contributed by atoms with van der Waals surface area (Å²) in [6.45, 7) is 1.37. The van der Waals surface area contributed by atoms with Crippen molar-refractivity contribution in [2.75, 3.05) is 37.5 Å². The smallest absolute Gasteiger partial charge is 0.411 e. The molecule has 24 heavy (non-hydrogen) atoms. The molecule has 2 aliphatic rings. The Labute approximate surface area is 139 Å². The highest BCUT2D eigenvalue weighted by Crippen LogP contribution is 2.39. The van der Waals surface area contributed by atoms with Gasteiger partial charge < -0.3 is 10.1 Å². The highest BCUT2D eigenvalue weighted by Gasteiger charge is 2.56. The fraction of sp³-hybridized carbons (Fsp3) is 0.438. The van der Waals surface area contributed by atoms with E-state index in [2.05, 4.69) is 15.4 Å². The van der Waals surface area contributed by atoms with Crippen molar-refractivity contribution in [1.29, 1.82) is 0 Å². The van der Waals surface area contributed by atoms with Crippen LogP contribution >= 0.6 is 0 Å². The molecule has 1 spiro atoms. The second-order valence-corrected chi connectivity index (χ2v) is 5.93. The minimum atomic E-state index is -0.825. The Morgan fingerprint density at radius 1 is 1.21 bits per heavy atom. The van der Waals surface area contributed by atoms with E-state index in [0.717, 1.165) is 0 Å². The molecule has 3 rings (SSSR count). The van der Waals surface area contributed by atoms with Gasteiger partial charge in [-0.15, -0.1) is 0 Å². The summed E-state index contributed by atoms with van der Waals surface area (Å²) in [5.74, 6) is -0.161. The van der Waals surface area contributed by atoms with Crippen LogP contribution in [0.15, 0.2) is 24.3 Å². The van der Waals surface area contributed by atoms with Crippen molar-refractivity contribution in [2.24, 2.45) is 0 Å². The number of amides is 4. The Kier molecular flexibility index (Phi) is 4.15. The highest BCUT2D eigenvalue weighted by atomic mass is 16.5. The van der Waals surface area contributed by atoms with Crippen LogP contribution in [0.5, 0.6) is 0 Å². The normalized spacial score (nSPS) is 19.8. The predicted octanol–water partition coefficient (Wildman–Crippen LogP) is 1.39. The van der Waals surface area contributed by atoms with Crippen molar-refractivity contribution in [3.8, 4) is 0 Å². The van der Waals surface area contributed by atoms with Gasteiger partial charge in [-0.1, -0.05) is 0 Å². The average Bonchev–Trinajstić information content (AvgIpc) is 2.78. The first-order valence-electron chi connectivity index (χ1n) is 7.78. The number of anilines is 2. The lowest BCUT2D eigenvalue weighted by Gasteiger charge is -2.38. The van der Waals surface area contributed by atoms with E-state index in [1.807, 2.05) is 0 Å². The molecule has 2 heterocycles. The van der Waals surface area contributed by atoms with Gasteiger partial charge in [0.2, 0.25) is 0 Å². The number of hydrogen-bond donors (Lipinski definition) is 2. The van der Waals surface area contributed by atoms with Gasteiger partial charge in [-0.3, -0.25) is 19.9 Å². The lowest BCUT2D eigenvalue weighted by Crippen LogP contribution is -2.56. The van der Waals surface area contributed by atoms with Gasteiger partial charge in [0.15, 0.2) is 0 Å². The van der Waals surface area contributed by atoms with Crippen LogP contribution < -0.4 is 15.5 Å². The van der Waals surface area contributed by atoms with Crippen LogP contribution in [0, 0.1) is 0 Å². The zero-order chi connectivity index (χ0) is 17.3. The van der Waals surface area contributed by atoms with Crippen LogP contribution in [-0.4, -0.2) is 55.7 Å². The Balaban J connectivity index is 1.92. The molecule has 1 aromatic rings. The van der Waals surface area contributed by atoms with Crippen molar-refractivity contribution in [3.05, 3.63) is 24.3 Å². The number of nitrogens with one attached hydrogen (secondary N) is 2. The van der Waals surface area contributed by atoms with E-state index in [9.17, 15) is 14.4 Å². The number of urea groups is 1. The van der Waals surface area contributed by atoms with E-state index in [1.165, 1.54) is 19.1 Å². The number of piperidine rings is 1. The van der Waals surface area contributed by atoms with E-state index >= 15 is 0 Å². The van der Waals surface area contributed by atoms with E-state index in [0.29, 0.717) is 37.3 Å². The molecular weight excluding hydrogens is 312 g/mol. The number of likely N-dealkylation sites (N-methyl/N-ethyl adjacent to an activating group) is 1. The predicted molar refractivity (Wildman–Crippen MR) is 87.9 cm³/mol. The fourth-order valence-electron chi connectivity index (χ4n) is 3.33. The number of methoxy groups -OCH3 is 1. The first-order chi connectivity index (χ1) is 11.5. The molecular formula is C16H20N4O4. The summed E-state index contributed by atoms with van der Waals surface area (Å²) in [5, 5.41) is 5.78. The Hall–Kier alpha value is -2.61. The maximum atomic E-state index is 12.7. The minimum absolute atomic E-state index is 0.161. The number of hydrogen-bond acceptors (Lipinski definition) is 5. The number of rotatable bonds is 2. The lowest BCUT2D eigenvalue weighted by atomic mass is 9.86. The van der Waals surface area contributed by atoms with Crippen LogP contribution in [0.4, 0.5) is 21.0 Å². The molecule has 0 aromatic heterocycles. The molecule has 2 aliphatic heterocycles. The van der Waals surface area contributed by atoms with Crippen molar-refractivity contribution in [3.63, 3.8) is 0 Å². The standard InChI is InChI=1S/C16H20N4O4/c1-19-13(21)16(7-9-17-10-8-16)20(15(19)23)12-5-3-11(4-6-12)18-14(22)24-2/h3-6,17H,7-10H2,1-2H3,(H,18,22). The Bertz CT molecular complexity index is 667. The minimum Gasteiger partial charge on any atom is -0.453 e. The van der Waals surface area contributed by atoms with Crippen LogP contribution in [0.25, 0.3) is 0 Å². The molecule has 2 saturated heterocycles. The molecule has 8 nitrogen and oxygen atoms in total. The monoisotopic (exact) mass is 332 g/mol. The third-order valence-electron chi connectivity index (χ3n) is 4.60. The van der Waals surface area contributed by atoms with Gasteiger partial charge in [0, 0.05) is 18.4 Å². The molecule has 1 aromatic carbocycles. The summed E-state index contributed by atoms with van der Waals surface area (Å²) >= 11 is 0. The molecule has 0 radical (unpaired) electrons. The summed E-state index contributed by atoms with van der Waals surface area (Å²) < 4.78 is 4.55. The lowest BCUT2D eigenvalue weighted by molar-refractivity contribution is -0.130. The van der Waals surface area contributed by atoms with E-state index in [-0.39, 0.29) is 11.9 Å². The summed E-state index contributed by atoms with van der Waals surface area (Å²) in [4.78, 5) is 39.3. The van der Waals surface area contributed by atoms with Gasteiger partial charge in [-0.2, -0.15) is 0 Å². The first-order valence-corrected chi connectivity index (χ1v) is 7.78. The Morgan fingerprint density at radius 3 is 2.42 bits per heavy atom. The third-order valence-corrected chi connectivity index (χ3v) is 4.60. The number of carbonyl (C=O) groups excluding carboxylic acids is 3. The molecule has 2 N–H and O–H groups in total. The zero-order valence-corrected chi connectivity index (χ0v) is 13.7. The number of benzene rings is 1. The second kappa shape index (κ2) is 6.12. The maximum Gasteiger partial charge on any atom is 0.411 e. The zero-order valence-electron chi connectivity index (χ0n) is 13.7. The molecule has 0 bridgehead atoms. The molecule has 0 aliphatic carbocycles. The fourth-order valence-corrected chi connectivity index (χ4v) is 3.33. The maximum absolute atomic E-state index is 12.7. The number of carbonyl (C=O) groups is 3. The molecule has 8 heteroatoms. The van der Waals surface area contributed by atoms with Gasteiger partial charge >= 0.3 is 12.1 Å². The van der Waals surface area contributed by atoms with E-state index < -0.39 is 11.6 Å². The van der Waals surface area contributed by atoms with Crippen molar-refractivity contribution < 1.29 is 19.1 Å². The summed E-state index contributed by atoms with van der Waals surface area (Å²) in [6.07, 6.45) is 0.582. The van der Waals surface area contributed by atoms with Crippen molar-refractivity contribution in [1.82, 2.24) is 10.2 Å². The van der Waals surface area contributed by atoms with Gasteiger partial charge in [0.1, 0.15) is 5.54 Å². The second-order valence-electron chi connectivity index (χ2n) is 5.93. The largest absolute Gasteiger partial charge is 0.453 e. The quantitative estimate of drug-likeness (QED) is 0.799. The average molecular weight is 332 g/mol. The molecule has 0 unspecified atom stereocenters. The number of imide groups is 1. The van der Waals surface area contributed by atoms with E-state index in [4.69, 9.17) is 0 Å². The topological polar surface area (TPSA) is 91.0 Å². The number of ether oxygens (including phenoxy) is 1. The van der Waals surface area contributed by atoms with Crippen molar-refractivity contribution in [2.45, 2.75) is 18.4 Å². The summed E-state index contributed by atoms with van der Waals surface area (Å²) in [5.41, 5.74) is 0.361. The van der Waals surface area contributed by atoms with Gasteiger partial charge in [0.25, 0.3) is 5.91 Å².